The highest BCUT2D eigenvalue weighted by Crippen LogP contribution is 2.12. The lowest BCUT2D eigenvalue weighted by Crippen LogP contribution is -2.50. The van der Waals surface area contributed by atoms with Gasteiger partial charge in [0.25, 0.3) is 0 Å². The molecule has 0 heterocycles. The minimum absolute atomic E-state index is 0.292. The van der Waals surface area contributed by atoms with Crippen LogP contribution in [0.1, 0.15) is 73.1 Å². The predicted octanol–water partition coefficient (Wildman–Crippen LogP) is 4.31. The van der Waals surface area contributed by atoms with Crippen molar-refractivity contribution in [1.29, 1.82) is 0 Å². The molecular formula is C16H36NO2+. The third-order valence-corrected chi connectivity index (χ3v) is 3.26. The summed E-state index contributed by atoms with van der Waals surface area (Å²) in [6.45, 7) is 16.6. The molecular weight excluding hydrogens is 238 g/mol. The first kappa shape index (κ1) is 20.7. The molecule has 3 nitrogen and oxygen atoms in total. The van der Waals surface area contributed by atoms with Gasteiger partial charge < -0.3 is 9.59 Å². The van der Waals surface area contributed by atoms with E-state index in [9.17, 15) is 4.79 Å². The van der Waals surface area contributed by atoms with Crippen LogP contribution >= 0.6 is 0 Å². The van der Waals surface area contributed by atoms with Crippen molar-refractivity contribution < 1.29 is 14.4 Å². The van der Waals surface area contributed by atoms with Crippen LogP contribution in [-0.4, -0.2) is 41.7 Å². The zero-order valence-electron chi connectivity index (χ0n) is 13.9. The molecule has 0 unspecified atom stereocenters. The number of aliphatic carboxylic acids is 1. The summed E-state index contributed by atoms with van der Waals surface area (Å²) in [5, 5.41) is 7.91. The third kappa shape index (κ3) is 12.2. The SMILES string of the molecule is CCCC(=O)O.CCC[N+](CCC)(CCC)CCC. The van der Waals surface area contributed by atoms with Crippen LogP contribution in [0, 0.1) is 0 Å². The molecule has 0 aliphatic carbocycles. The fourth-order valence-electron chi connectivity index (χ4n) is 2.78. The fourth-order valence-corrected chi connectivity index (χ4v) is 2.78. The van der Waals surface area contributed by atoms with E-state index in [0.29, 0.717) is 6.42 Å². The van der Waals surface area contributed by atoms with Crippen molar-refractivity contribution in [2.75, 3.05) is 26.2 Å². The minimum Gasteiger partial charge on any atom is -0.481 e. The van der Waals surface area contributed by atoms with Crippen molar-refractivity contribution in [2.24, 2.45) is 0 Å². The van der Waals surface area contributed by atoms with Gasteiger partial charge in [-0.3, -0.25) is 4.79 Å². The Balaban J connectivity index is 0. The summed E-state index contributed by atoms with van der Waals surface area (Å²) < 4.78 is 1.38. The van der Waals surface area contributed by atoms with E-state index < -0.39 is 5.97 Å². The van der Waals surface area contributed by atoms with Crippen LogP contribution in [0.15, 0.2) is 0 Å². The third-order valence-electron chi connectivity index (χ3n) is 3.26. The van der Waals surface area contributed by atoms with Crippen LogP contribution in [0.2, 0.25) is 0 Å². The minimum atomic E-state index is -0.711. The van der Waals surface area contributed by atoms with Gasteiger partial charge in [0.15, 0.2) is 0 Å². The van der Waals surface area contributed by atoms with E-state index in [4.69, 9.17) is 5.11 Å². The fraction of sp³-hybridized carbons (Fsp3) is 0.938. The summed E-state index contributed by atoms with van der Waals surface area (Å²) in [6.07, 6.45) is 6.36. The Hall–Kier alpha value is -0.570. The van der Waals surface area contributed by atoms with Gasteiger partial charge in [-0.25, -0.2) is 0 Å². The maximum absolute atomic E-state index is 9.60. The molecule has 3 heteroatoms. The van der Waals surface area contributed by atoms with Gasteiger partial charge in [0.05, 0.1) is 26.2 Å². The van der Waals surface area contributed by atoms with Crippen molar-refractivity contribution in [3.05, 3.63) is 0 Å². The highest BCUT2D eigenvalue weighted by atomic mass is 16.4. The molecule has 0 spiro atoms. The van der Waals surface area contributed by atoms with Gasteiger partial charge in [-0.15, -0.1) is 0 Å². The molecule has 116 valence electrons. The number of nitrogens with zero attached hydrogens (tertiary/aromatic N) is 1. The maximum Gasteiger partial charge on any atom is 0.303 e. The molecule has 0 saturated carbocycles. The van der Waals surface area contributed by atoms with E-state index in [1.165, 1.54) is 56.3 Å². The number of quaternary nitrogens is 1. The summed E-state index contributed by atoms with van der Waals surface area (Å²) in [6, 6.07) is 0. The summed E-state index contributed by atoms with van der Waals surface area (Å²) >= 11 is 0. The average Bonchev–Trinajstić information content (AvgIpc) is 2.31. The lowest BCUT2D eigenvalue weighted by molar-refractivity contribution is -0.928. The van der Waals surface area contributed by atoms with Gasteiger partial charge in [-0.05, 0) is 32.1 Å². The number of hydrogen-bond acceptors (Lipinski definition) is 1. The number of hydrogen-bond donors (Lipinski definition) is 1. The molecule has 0 aromatic heterocycles. The van der Waals surface area contributed by atoms with Gasteiger partial charge in [-0.2, -0.15) is 0 Å². The van der Waals surface area contributed by atoms with Crippen LogP contribution in [0.25, 0.3) is 0 Å². The topological polar surface area (TPSA) is 37.3 Å². The quantitative estimate of drug-likeness (QED) is 0.603. The molecule has 0 atom stereocenters. The summed E-state index contributed by atoms with van der Waals surface area (Å²) in [4.78, 5) is 9.60. The van der Waals surface area contributed by atoms with Crippen LogP contribution < -0.4 is 0 Å². The van der Waals surface area contributed by atoms with E-state index in [-0.39, 0.29) is 0 Å². The van der Waals surface area contributed by atoms with Crippen LogP contribution in [0.4, 0.5) is 0 Å². The second-order valence-corrected chi connectivity index (χ2v) is 5.38. The Labute approximate surface area is 120 Å². The molecule has 0 fully saturated rings. The molecule has 0 aromatic carbocycles. The Kier molecular flexibility index (Phi) is 15.1. The van der Waals surface area contributed by atoms with Crippen molar-refractivity contribution in [3.63, 3.8) is 0 Å². The zero-order valence-corrected chi connectivity index (χ0v) is 13.9. The summed E-state index contributed by atoms with van der Waals surface area (Å²) in [7, 11) is 0. The largest absolute Gasteiger partial charge is 0.481 e. The Morgan fingerprint density at radius 1 is 0.737 bits per heavy atom. The first-order valence-electron chi connectivity index (χ1n) is 8.08. The number of carboxylic acid groups (broad SMARTS) is 1. The zero-order chi connectivity index (χ0) is 15.1. The van der Waals surface area contributed by atoms with Crippen molar-refractivity contribution in [2.45, 2.75) is 73.1 Å². The van der Waals surface area contributed by atoms with Gasteiger partial charge in [0.1, 0.15) is 0 Å². The van der Waals surface area contributed by atoms with Gasteiger partial charge >= 0.3 is 5.97 Å². The molecule has 19 heavy (non-hydrogen) atoms. The summed E-state index contributed by atoms with van der Waals surface area (Å²) in [5.41, 5.74) is 0. The number of carboxylic acids is 1. The lowest BCUT2D eigenvalue weighted by atomic mass is 10.2. The van der Waals surface area contributed by atoms with Crippen molar-refractivity contribution >= 4 is 5.97 Å². The highest BCUT2D eigenvalue weighted by Gasteiger charge is 2.22. The van der Waals surface area contributed by atoms with E-state index in [2.05, 4.69) is 27.7 Å². The summed E-state index contributed by atoms with van der Waals surface area (Å²) in [5.74, 6) is -0.711. The van der Waals surface area contributed by atoms with Gasteiger partial charge in [0.2, 0.25) is 0 Å². The molecule has 0 saturated heterocycles. The smallest absolute Gasteiger partial charge is 0.303 e. The standard InChI is InChI=1S/C12H28N.C4H8O2/c1-5-9-13(10-6-2,11-7-3)12-8-4;1-2-3-4(5)6/h5-12H2,1-4H3;2-3H2,1H3,(H,5,6)/q+1;. The first-order chi connectivity index (χ1) is 9.01. The molecule has 0 bridgehead atoms. The number of rotatable bonds is 10. The second-order valence-electron chi connectivity index (χ2n) is 5.38. The predicted molar refractivity (Wildman–Crippen MR) is 83.4 cm³/mol. The Bertz CT molecular complexity index is 175. The monoisotopic (exact) mass is 274 g/mol. The van der Waals surface area contributed by atoms with E-state index in [1.54, 1.807) is 0 Å². The molecule has 0 aliphatic heterocycles. The van der Waals surface area contributed by atoms with Crippen molar-refractivity contribution in [1.82, 2.24) is 0 Å². The molecule has 0 amide bonds. The Morgan fingerprint density at radius 3 is 1.16 bits per heavy atom. The van der Waals surface area contributed by atoms with Gasteiger partial charge in [-0.1, -0.05) is 34.6 Å². The average molecular weight is 274 g/mol. The molecule has 0 aromatic rings. The van der Waals surface area contributed by atoms with Gasteiger partial charge in [0, 0.05) is 6.42 Å². The van der Waals surface area contributed by atoms with E-state index >= 15 is 0 Å². The van der Waals surface area contributed by atoms with E-state index in [0.717, 1.165) is 6.42 Å². The first-order valence-corrected chi connectivity index (χ1v) is 8.08. The highest BCUT2D eigenvalue weighted by molar-refractivity contribution is 5.66. The van der Waals surface area contributed by atoms with E-state index in [1.807, 2.05) is 6.92 Å². The Morgan fingerprint density at radius 2 is 1.05 bits per heavy atom. The molecule has 0 rings (SSSR count). The molecule has 1 N–H and O–H groups in total. The molecule has 0 aliphatic rings. The van der Waals surface area contributed by atoms with Crippen LogP contribution in [0.5, 0.6) is 0 Å². The second kappa shape index (κ2) is 13.9. The number of carbonyl (C=O) groups is 1. The van der Waals surface area contributed by atoms with Crippen LogP contribution in [-0.2, 0) is 4.79 Å². The molecule has 0 radical (unpaired) electrons. The normalized spacial score (nSPS) is 10.8. The van der Waals surface area contributed by atoms with Crippen LogP contribution in [0.3, 0.4) is 0 Å². The lowest BCUT2D eigenvalue weighted by Gasteiger charge is -2.38. The van der Waals surface area contributed by atoms with Crippen molar-refractivity contribution in [3.8, 4) is 0 Å². The maximum atomic E-state index is 9.60.